The molecule has 0 amide bonds. The Morgan fingerprint density at radius 1 is 1.10 bits per heavy atom. The third-order valence-corrected chi connectivity index (χ3v) is 6.97. The van der Waals surface area contributed by atoms with Crippen LogP contribution in [0.25, 0.3) is 0 Å². The summed E-state index contributed by atoms with van der Waals surface area (Å²) >= 11 is 18.0. The first-order valence-corrected chi connectivity index (χ1v) is 11.4. The molecule has 2 N–H and O–H groups in total. The molecule has 0 atom stereocenters. The Hall–Kier alpha value is -2.00. The van der Waals surface area contributed by atoms with Gasteiger partial charge in [-0.25, -0.2) is 13.5 Å². The van der Waals surface area contributed by atoms with Gasteiger partial charge in [-0.15, -0.1) is 5.10 Å². The zero-order valence-electron chi connectivity index (χ0n) is 15.0. The fourth-order valence-corrected chi connectivity index (χ4v) is 4.86. The van der Waals surface area contributed by atoms with Crippen LogP contribution in [-0.4, -0.2) is 30.4 Å². The van der Waals surface area contributed by atoms with E-state index in [0.717, 1.165) is 36.5 Å². The molecule has 2 heterocycles. The SMILES string of the molecule is O=S(=O)(Nc1cc(Cl)ccc1CN1CCCc2nn[nH]c21)c1ccc(Cl)c(Cl)c1. The van der Waals surface area contributed by atoms with E-state index in [1.54, 1.807) is 18.2 Å². The average Bonchev–Trinajstić information content (AvgIpc) is 3.15. The number of hydrogen-bond donors (Lipinski definition) is 2. The van der Waals surface area contributed by atoms with Crippen LogP contribution >= 0.6 is 34.8 Å². The molecule has 4 rings (SSSR count). The molecule has 0 radical (unpaired) electrons. The molecule has 0 saturated heterocycles. The summed E-state index contributed by atoms with van der Waals surface area (Å²) in [7, 11) is -3.89. The largest absolute Gasteiger partial charge is 0.351 e. The quantitative estimate of drug-likeness (QED) is 0.570. The van der Waals surface area contributed by atoms with Gasteiger partial charge in [0.25, 0.3) is 10.0 Å². The number of rotatable bonds is 5. The number of nitrogens with one attached hydrogen (secondary N) is 2. The molecule has 7 nitrogen and oxygen atoms in total. The number of sulfonamides is 1. The van der Waals surface area contributed by atoms with Gasteiger partial charge in [0.1, 0.15) is 11.5 Å². The summed E-state index contributed by atoms with van der Waals surface area (Å²) in [5.74, 6) is 0.851. The van der Waals surface area contributed by atoms with Crippen LogP contribution in [-0.2, 0) is 23.0 Å². The predicted molar refractivity (Wildman–Crippen MR) is 114 cm³/mol. The molecule has 0 unspecified atom stereocenters. The number of benzene rings is 2. The molecule has 2 aromatic carbocycles. The van der Waals surface area contributed by atoms with E-state index >= 15 is 0 Å². The zero-order valence-corrected chi connectivity index (χ0v) is 18.1. The van der Waals surface area contributed by atoms with Crippen molar-refractivity contribution in [3.05, 3.63) is 62.7 Å². The van der Waals surface area contributed by atoms with E-state index < -0.39 is 10.0 Å². The van der Waals surface area contributed by atoms with Crippen molar-refractivity contribution in [3.8, 4) is 0 Å². The summed E-state index contributed by atoms with van der Waals surface area (Å²) in [6, 6.07) is 9.26. The van der Waals surface area contributed by atoms with Crippen LogP contribution in [0.15, 0.2) is 41.3 Å². The first-order chi connectivity index (χ1) is 13.8. The number of aromatic amines is 1. The fourth-order valence-electron chi connectivity index (χ4n) is 3.21. The van der Waals surface area contributed by atoms with Gasteiger partial charge in [0, 0.05) is 18.1 Å². The molecule has 1 aromatic heterocycles. The number of H-pyrrole nitrogens is 1. The van der Waals surface area contributed by atoms with E-state index in [4.69, 9.17) is 34.8 Å². The molecular formula is C18H16Cl3N5O2S. The fraction of sp³-hybridized carbons (Fsp3) is 0.222. The summed E-state index contributed by atoms with van der Waals surface area (Å²) in [6.45, 7) is 1.27. The number of hydrogen-bond acceptors (Lipinski definition) is 5. The lowest BCUT2D eigenvalue weighted by molar-refractivity contribution is 0.601. The molecule has 11 heteroatoms. The topological polar surface area (TPSA) is 91.0 Å². The van der Waals surface area contributed by atoms with E-state index in [9.17, 15) is 8.42 Å². The van der Waals surface area contributed by atoms with E-state index in [1.165, 1.54) is 18.2 Å². The van der Waals surface area contributed by atoms with E-state index in [1.807, 2.05) is 0 Å². The van der Waals surface area contributed by atoms with Crippen molar-refractivity contribution in [2.45, 2.75) is 24.3 Å². The molecule has 1 aliphatic rings. The van der Waals surface area contributed by atoms with Crippen molar-refractivity contribution in [1.82, 2.24) is 15.4 Å². The molecule has 0 spiro atoms. The van der Waals surface area contributed by atoms with Crippen LogP contribution in [0.3, 0.4) is 0 Å². The number of aryl methyl sites for hydroxylation is 1. The second kappa shape index (κ2) is 8.02. The monoisotopic (exact) mass is 471 g/mol. The molecule has 1 aliphatic heterocycles. The van der Waals surface area contributed by atoms with Crippen molar-refractivity contribution in [1.29, 1.82) is 0 Å². The van der Waals surface area contributed by atoms with Crippen LogP contribution in [0.4, 0.5) is 11.5 Å². The van der Waals surface area contributed by atoms with Gasteiger partial charge in [-0.05, 0) is 48.7 Å². The zero-order chi connectivity index (χ0) is 20.6. The molecule has 29 heavy (non-hydrogen) atoms. The Kier molecular flexibility index (Phi) is 5.61. The number of nitrogens with zero attached hydrogens (tertiary/aromatic N) is 3. The van der Waals surface area contributed by atoms with Crippen molar-refractivity contribution in [2.75, 3.05) is 16.2 Å². The van der Waals surface area contributed by atoms with Crippen molar-refractivity contribution in [3.63, 3.8) is 0 Å². The minimum absolute atomic E-state index is 0.0100. The van der Waals surface area contributed by atoms with Crippen molar-refractivity contribution in [2.24, 2.45) is 0 Å². The third kappa shape index (κ3) is 4.30. The summed E-state index contributed by atoms with van der Waals surface area (Å²) in [5.41, 5.74) is 2.06. The molecule has 3 aromatic rings. The summed E-state index contributed by atoms with van der Waals surface area (Å²) < 4.78 is 28.4. The van der Waals surface area contributed by atoms with Crippen LogP contribution in [0.2, 0.25) is 15.1 Å². The number of aromatic nitrogens is 3. The molecule has 152 valence electrons. The summed E-state index contributed by atoms with van der Waals surface area (Å²) in [4.78, 5) is 2.09. The average molecular weight is 473 g/mol. The van der Waals surface area contributed by atoms with Gasteiger partial charge in [0.2, 0.25) is 0 Å². The summed E-state index contributed by atoms with van der Waals surface area (Å²) in [5, 5.41) is 11.7. The van der Waals surface area contributed by atoms with Crippen molar-refractivity contribution >= 4 is 56.3 Å². The lowest BCUT2D eigenvalue weighted by atomic mass is 10.1. The molecular weight excluding hydrogens is 457 g/mol. The van der Waals surface area contributed by atoms with Gasteiger partial charge in [-0.3, -0.25) is 4.72 Å². The van der Waals surface area contributed by atoms with Crippen LogP contribution < -0.4 is 9.62 Å². The summed E-state index contributed by atoms with van der Waals surface area (Å²) in [6.07, 6.45) is 1.80. The maximum absolute atomic E-state index is 12.9. The normalized spacial score (nSPS) is 14.0. The predicted octanol–water partition coefficient (Wildman–Crippen LogP) is 4.52. The first kappa shape index (κ1) is 20.3. The highest BCUT2D eigenvalue weighted by molar-refractivity contribution is 7.92. The maximum atomic E-state index is 12.9. The van der Waals surface area contributed by atoms with Crippen molar-refractivity contribution < 1.29 is 8.42 Å². The van der Waals surface area contributed by atoms with Crippen LogP contribution in [0.1, 0.15) is 17.7 Å². The Labute approximate surface area is 183 Å². The number of halogens is 3. The van der Waals surface area contributed by atoms with E-state index in [0.29, 0.717) is 17.3 Å². The molecule has 0 fully saturated rings. The Bertz CT molecular complexity index is 1170. The standard InChI is InChI=1S/C18H16Cl3N5O2S/c19-12-4-3-11(10-26-7-1-2-16-18(26)23-25-22-16)17(8-12)24-29(27,28)13-5-6-14(20)15(21)9-13/h3-6,8-9,24H,1-2,7,10H2,(H,22,23,25). The minimum atomic E-state index is -3.89. The third-order valence-electron chi connectivity index (χ3n) is 4.64. The van der Waals surface area contributed by atoms with Crippen LogP contribution in [0, 0.1) is 0 Å². The Morgan fingerprint density at radius 2 is 1.93 bits per heavy atom. The molecule has 0 aliphatic carbocycles. The molecule has 0 bridgehead atoms. The minimum Gasteiger partial charge on any atom is -0.351 e. The number of anilines is 2. The highest BCUT2D eigenvalue weighted by Crippen LogP contribution is 2.30. The highest BCUT2D eigenvalue weighted by Gasteiger charge is 2.23. The second-order valence-electron chi connectivity index (χ2n) is 6.62. The van der Waals surface area contributed by atoms with Gasteiger partial charge in [0.05, 0.1) is 20.6 Å². The van der Waals surface area contributed by atoms with Gasteiger partial charge in [-0.1, -0.05) is 46.1 Å². The van der Waals surface area contributed by atoms with Gasteiger partial charge < -0.3 is 4.90 Å². The molecule has 0 saturated carbocycles. The van der Waals surface area contributed by atoms with Gasteiger partial charge >= 0.3 is 0 Å². The van der Waals surface area contributed by atoms with Crippen LogP contribution in [0.5, 0.6) is 0 Å². The number of fused-ring (bicyclic) bond motifs is 1. The Morgan fingerprint density at radius 3 is 2.72 bits per heavy atom. The lowest BCUT2D eigenvalue weighted by Gasteiger charge is -2.28. The van der Waals surface area contributed by atoms with Gasteiger partial charge in [0.15, 0.2) is 0 Å². The Balaban J connectivity index is 1.65. The smallest absolute Gasteiger partial charge is 0.261 e. The van der Waals surface area contributed by atoms with E-state index in [-0.39, 0.29) is 14.9 Å². The first-order valence-electron chi connectivity index (χ1n) is 8.74. The highest BCUT2D eigenvalue weighted by atomic mass is 35.5. The maximum Gasteiger partial charge on any atom is 0.261 e. The second-order valence-corrected chi connectivity index (χ2v) is 9.55. The lowest BCUT2D eigenvalue weighted by Crippen LogP contribution is -2.29. The van der Waals surface area contributed by atoms with E-state index in [2.05, 4.69) is 25.0 Å². The van der Waals surface area contributed by atoms with Gasteiger partial charge in [-0.2, -0.15) is 0 Å².